The van der Waals surface area contributed by atoms with Crippen LogP contribution >= 0.6 is 0 Å². The van der Waals surface area contributed by atoms with E-state index in [1.54, 1.807) is 0 Å². The standard InChI is InChI=1S/C14H25NO3/c1-11-10-18-12(9-16)8-15(11)13(17)14(2)6-4-3-5-7-14/h11-12,16H,3-10H2,1-2H3. The van der Waals surface area contributed by atoms with Crippen LogP contribution in [0.25, 0.3) is 0 Å². The summed E-state index contributed by atoms with van der Waals surface area (Å²) in [7, 11) is 0. The van der Waals surface area contributed by atoms with E-state index in [0.29, 0.717) is 13.2 Å². The van der Waals surface area contributed by atoms with E-state index in [9.17, 15) is 9.90 Å². The third-order valence-electron chi connectivity index (χ3n) is 4.44. The third kappa shape index (κ3) is 2.69. The minimum Gasteiger partial charge on any atom is -0.394 e. The van der Waals surface area contributed by atoms with Crippen molar-refractivity contribution in [2.24, 2.45) is 5.41 Å². The maximum Gasteiger partial charge on any atom is 0.228 e. The summed E-state index contributed by atoms with van der Waals surface area (Å²) in [5.74, 6) is 0.261. The van der Waals surface area contributed by atoms with E-state index < -0.39 is 0 Å². The fraction of sp³-hybridized carbons (Fsp3) is 0.929. The van der Waals surface area contributed by atoms with Crippen molar-refractivity contribution in [2.75, 3.05) is 19.8 Å². The summed E-state index contributed by atoms with van der Waals surface area (Å²) in [6.07, 6.45) is 5.35. The minimum absolute atomic E-state index is 0.00673. The van der Waals surface area contributed by atoms with Crippen molar-refractivity contribution in [3.63, 3.8) is 0 Å². The van der Waals surface area contributed by atoms with Crippen molar-refractivity contribution >= 4 is 5.91 Å². The molecule has 0 spiro atoms. The summed E-state index contributed by atoms with van der Waals surface area (Å²) < 4.78 is 5.50. The van der Waals surface area contributed by atoms with Crippen molar-refractivity contribution in [1.82, 2.24) is 4.90 Å². The number of carbonyl (C=O) groups is 1. The molecule has 4 heteroatoms. The lowest BCUT2D eigenvalue weighted by molar-refractivity contribution is -0.157. The largest absolute Gasteiger partial charge is 0.394 e. The topological polar surface area (TPSA) is 49.8 Å². The third-order valence-corrected chi connectivity index (χ3v) is 4.44. The molecule has 0 aromatic rings. The number of morpholine rings is 1. The molecule has 0 bridgehead atoms. The van der Waals surface area contributed by atoms with E-state index in [0.717, 1.165) is 25.7 Å². The van der Waals surface area contributed by atoms with Gasteiger partial charge in [0.2, 0.25) is 5.91 Å². The van der Waals surface area contributed by atoms with Crippen LogP contribution in [0.4, 0.5) is 0 Å². The van der Waals surface area contributed by atoms with Gasteiger partial charge in [0, 0.05) is 12.0 Å². The Morgan fingerprint density at radius 1 is 1.39 bits per heavy atom. The number of nitrogens with zero attached hydrogens (tertiary/aromatic N) is 1. The van der Waals surface area contributed by atoms with Gasteiger partial charge in [-0.2, -0.15) is 0 Å². The fourth-order valence-corrected chi connectivity index (χ4v) is 3.10. The highest BCUT2D eigenvalue weighted by atomic mass is 16.5. The van der Waals surface area contributed by atoms with Gasteiger partial charge in [0.15, 0.2) is 0 Å². The van der Waals surface area contributed by atoms with Crippen LogP contribution in [0.5, 0.6) is 0 Å². The van der Waals surface area contributed by atoms with Crippen molar-refractivity contribution in [1.29, 1.82) is 0 Å². The molecule has 18 heavy (non-hydrogen) atoms. The molecule has 1 saturated heterocycles. The zero-order valence-corrected chi connectivity index (χ0v) is 11.5. The number of amides is 1. The van der Waals surface area contributed by atoms with E-state index in [2.05, 4.69) is 6.92 Å². The second-order valence-electron chi connectivity index (χ2n) is 6.07. The number of hydrogen-bond donors (Lipinski definition) is 1. The highest BCUT2D eigenvalue weighted by molar-refractivity contribution is 5.82. The number of carbonyl (C=O) groups excluding carboxylic acids is 1. The molecule has 0 radical (unpaired) electrons. The molecule has 1 aliphatic heterocycles. The first-order chi connectivity index (χ1) is 8.57. The van der Waals surface area contributed by atoms with E-state index in [-0.39, 0.29) is 30.1 Å². The molecular formula is C14H25NO3. The molecule has 1 N–H and O–H groups in total. The molecule has 2 fully saturated rings. The molecule has 1 saturated carbocycles. The predicted octanol–water partition coefficient (Wildman–Crippen LogP) is 1.56. The lowest BCUT2D eigenvalue weighted by Crippen LogP contribution is -2.56. The maximum absolute atomic E-state index is 12.7. The van der Waals surface area contributed by atoms with E-state index in [1.165, 1.54) is 6.42 Å². The highest BCUT2D eigenvalue weighted by Crippen LogP contribution is 2.38. The van der Waals surface area contributed by atoms with Gasteiger partial charge in [0.25, 0.3) is 0 Å². The molecule has 0 aromatic carbocycles. The monoisotopic (exact) mass is 255 g/mol. The van der Waals surface area contributed by atoms with Crippen LogP contribution in [0.3, 0.4) is 0 Å². The van der Waals surface area contributed by atoms with Crippen LogP contribution in [0, 0.1) is 5.41 Å². The van der Waals surface area contributed by atoms with Crippen molar-refractivity contribution in [3.8, 4) is 0 Å². The Balaban J connectivity index is 2.06. The maximum atomic E-state index is 12.7. The molecule has 2 aliphatic rings. The van der Waals surface area contributed by atoms with Gasteiger partial charge in [0.1, 0.15) is 0 Å². The normalized spacial score (nSPS) is 32.3. The molecule has 2 atom stereocenters. The lowest BCUT2D eigenvalue weighted by Gasteiger charge is -2.43. The van der Waals surface area contributed by atoms with Gasteiger partial charge in [-0.1, -0.05) is 26.2 Å². The Morgan fingerprint density at radius 3 is 2.67 bits per heavy atom. The SMILES string of the molecule is CC1COC(CO)CN1C(=O)C1(C)CCCCC1. The van der Waals surface area contributed by atoms with Gasteiger partial charge >= 0.3 is 0 Å². The minimum atomic E-state index is -0.211. The van der Waals surface area contributed by atoms with Crippen LogP contribution in [-0.4, -0.2) is 47.8 Å². The Bertz CT molecular complexity index is 299. The number of hydrogen-bond acceptors (Lipinski definition) is 3. The number of ether oxygens (including phenoxy) is 1. The molecular weight excluding hydrogens is 230 g/mol. The molecule has 2 rings (SSSR count). The fourth-order valence-electron chi connectivity index (χ4n) is 3.10. The summed E-state index contributed by atoms with van der Waals surface area (Å²) in [5, 5.41) is 9.19. The zero-order valence-electron chi connectivity index (χ0n) is 11.5. The first-order valence-corrected chi connectivity index (χ1v) is 7.10. The van der Waals surface area contributed by atoms with Crippen LogP contribution in [0.1, 0.15) is 46.0 Å². The zero-order chi connectivity index (χ0) is 13.2. The Kier molecular flexibility index (Phi) is 4.28. The van der Waals surface area contributed by atoms with Crippen LogP contribution in [0.15, 0.2) is 0 Å². The van der Waals surface area contributed by atoms with Crippen molar-refractivity contribution in [3.05, 3.63) is 0 Å². The molecule has 2 unspecified atom stereocenters. The smallest absolute Gasteiger partial charge is 0.228 e. The van der Waals surface area contributed by atoms with Gasteiger partial charge < -0.3 is 14.7 Å². The van der Waals surface area contributed by atoms with Gasteiger partial charge in [-0.05, 0) is 19.8 Å². The van der Waals surface area contributed by atoms with Crippen molar-refractivity contribution < 1.29 is 14.6 Å². The summed E-state index contributed by atoms with van der Waals surface area (Å²) in [6, 6.07) is 0.124. The lowest BCUT2D eigenvalue weighted by atomic mass is 9.74. The van der Waals surface area contributed by atoms with Gasteiger partial charge in [0.05, 0.1) is 25.4 Å². The Hall–Kier alpha value is -0.610. The first kappa shape index (κ1) is 13.8. The van der Waals surface area contributed by atoms with E-state index >= 15 is 0 Å². The molecule has 0 aromatic heterocycles. The second-order valence-corrected chi connectivity index (χ2v) is 6.07. The van der Waals surface area contributed by atoms with E-state index in [1.807, 2.05) is 11.8 Å². The highest BCUT2D eigenvalue weighted by Gasteiger charge is 2.41. The Labute approximate surface area is 109 Å². The Morgan fingerprint density at radius 2 is 2.06 bits per heavy atom. The van der Waals surface area contributed by atoms with Gasteiger partial charge in [-0.25, -0.2) is 0 Å². The molecule has 4 nitrogen and oxygen atoms in total. The quantitative estimate of drug-likeness (QED) is 0.814. The van der Waals surface area contributed by atoms with Crippen molar-refractivity contribution in [2.45, 2.75) is 58.1 Å². The summed E-state index contributed by atoms with van der Waals surface area (Å²) in [4.78, 5) is 14.7. The average molecular weight is 255 g/mol. The molecule has 1 aliphatic carbocycles. The van der Waals surface area contributed by atoms with Gasteiger partial charge in [-0.3, -0.25) is 4.79 Å². The van der Waals surface area contributed by atoms with Crippen LogP contribution < -0.4 is 0 Å². The summed E-state index contributed by atoms with van der Waals surface area (Å²) in [6.45, 7) is 5.19. The number of rotatable bonds is 2. The molecule has 1 amide bonds. The first-order valence-electron chi connectivity index (χ1n) is 7.10. The second kappa shape index (κ2) is 5.57. The van der Waals surface area contributed by atoms with E-state index in [4.69, 9.17) is 4.74 Å². The van der Waals surface area contributed by atoms with Crippen LogP contribution in [-0.2, 0) is 9.53 Å². The molecule has 1 heterocycles. The van der Waals surface area contributed by atoms with Gasteiger partial charge in [-0.15, -0.1) is 0 Å². The summed E-state index contributed by atoms with van der Waals surface area (Å²) >= 11 is 0. The number of aliphatic hydroxyl groups is 1. The summed E-state index contributed by atoms with van der Waals surface area (Å²) in [5.41, 5.74) is -0.191. The average Bonchev–Trinajstić information content (AvgIpc) is 2.39. The molecule has 104 valence electrons. The predicted molar refractivity (Wildman–Crippen MR) is 69.2 cm³/mol. The van der Waals surface area contributed by atoms with Crippen LogP contribution in [0.2, 0.25) is 0 Å². The number of aliphatic hydroxyl groups excluding tert-OH is 1.